The summed E-state index contributed by atoms with van der Waals surface area (Å²) >= 11 is 0. The lowest BCUT2D eigenvalue weighted by Crippen LogP contribution is -2.35. The van der Waals surface area contributed by atoms with E-state index in [0.29, 0.717) is 37.2 Å². The van der Waals surface area contributed by atoms with Gasteiger partial charge in [0.1, 0.15) is 0 Å². The Morgan fingerprint density at radius 3 is 2.32 bits per heavy atom. The molecule has 1 aliphatic heterocycles. The normalized spacial score (nSPS) is 16.8. The standard InChI is InChI=1S/C20H22F3N3O4S/c1-15-3-8-18(13-19(15)26(27)28)31(29,30)25-10-2-9-24(11-12-25)14-16-4-6-17(7-5-16)20(21,22)23/h3-8,13H,2,9-12,14H2,1H3. The summed E-state index contributed by atoms with van der Waals surface area (Å²) in [6.45, 7) is 3.37. The number of rotatable bonds is 5. The maximum absolute atomic E-state index is 13.0. The maximum Gasteiger partial charge on any atom is 0.416 e. The summed E-state index contributed by atoms with van der Waals surface area (Å²) in [5.74, 6) is 0. The SMILES string of the molecule is Cc1ccc(S(=O)(=O)N2CCCN(Cc3ccc(C(F)(F)F)cc3)CC2)cc1[N+](=O)[O-]. The van der Waals surface area contributed by atoms with E-state index >= 15 is 0 Å². The molecule has 11 heteroatoms. The Morgan fingerprint density at radius 2 is 1.71 bits per heavy atom. The summed E-state index contributed by atoms with van der Waals surface area (Å²) in [5, 5.41) is 11.2. The molecule has 3 rings (SSSR count). The number of hydrogen-bond donors (Lipinski definition) is 0. The topological polar surface area (TPSA) is 83.8 Å². The highest BCUT2D eigenvalue weighted by molar-refractivity contribution is 7.89. The Kier molecular flexibility index (Phi) is 6.68. The molecule has 7 nitrogen and oxygen atoms in total. The van der Waals surface area contributed by atoms with Crippen LogP contribution >= 0.6 is 0 Å². The highest BCUT2D eigenvalue weighted by atomic mass is 32.2. The first-order chi connectivity index (χ1) is 14.5. The van der Waals surface area contributed by atoms with Crippen LogP contribution in [0, 0.1) is 17.0 Å². The van der Waals surface area contributed by atoms with Gasteiger partial charge in [0.25, 0.3) is 5.69 Å². The monoisotopic (exact) mass is 457 g/mol. The fraction of sp³-hybridized carbons (Fsp3) is 0.400. The minimum absolute atomic E-state index is 0.124. The fourth-order valence-electron chi connectivity index (χ4n) is 3.50. The molecule has 2 aromatic rings. The molecule has 1 heterocycles. The molecule has 31 heavy (non-hydrogen) atoms. The van der Waals surface area contributed by atoms with Gasteiger partial charge in [0.05, 0.1) is 15.4 Å². The van der Waals surface area contributed by atoms with Crippen molar-refractivity contribution in [2.24, 2.45) is 0 Å². The van der Waals surface area contributed by atoms with Gasteiger partial charge in [-0.15, -0.1) is 0 Å². The lowest BCUT2D eigenvalue weighted by Gasteiger charge is -2.22. The average Bonchev–Trinajstić information content (AvgIpc) is 2.94. The molecule has 0 aliphatic carbocycles. The summed E-state index contributed by atoms with van der Waals surface area (Å²) in [6, 6.07) is 8.78. The Balaban J connectivity index is 1.69. The molecule has 0 spiro atoms. The molecule has 1 aliphatic rings. The van der Waals surface area contributed by atoms with Gasteiger partial charge >= 0.3 is 6.18 Å². The lowest BCUT2D eigenvalue weighted by molar-refractivity contribution is -0.385. The van der Waals surface area contributed by atoms with Crippen molar-refractivity contribution in [2.75, 3.05) is 26.2 Å². The van der Waals surface area contributed by atoms with Crippen LogP contribution < -0.4 is 0 Å². The summed E-state index contributed by atoms with van der Waals surface area (Å²) < 4.78 is 65.4. The zero-order chi connectivity index (χ0) is 22.8. The second-order valence-corrected chi connectivity index (χ2v) is 9.37. The molecule has 0 radical (unpaired) electrons. The highest BCUT2D eigenvalue weighted by Gasteiger charge is 2.31. The van der Waals surface area contributed by atoms with Gasteiger partial charge < -0.3 is 0 Å². The number of alkyl halides is 3. The molecule has 168 valence electrons. The molecule has 0 amide bonds. The van der Waals surface area contributed by atoms with Crippen LogP contribution in [-0.2, 0) is 22.7 Å². The lowest BCUT2D eigenvalue weighted by atomic mass is 10.1. The number of halogens is 3. The third-order valence-electron chi connectivity index (χ3n) is 5.25. The van der Waals surface area contributed by atoms with Gasteiger partial charge in [-0.3, -0.25) is 15.0 Å². The number of aryl methyl sites for hydroxylation is 1. The Hall–Kier alpha value is -2.50. The minimum atomic E-state index is -4.39. The van der Waals surface area contributed by atoms with Crippen LogP contribution in [0.25, 0.3) is 0 Å². The first-order valence-electron chi connectivity index (χ1n) is 9.62. The van der Waals surface area contributed by atoms with E-state index in [1.807, 2.05) is 4.90 Å². The van der Waals surface area contributed by atoms with Gasteiger partial charge in [0.15, 0.2) is 0 Å². The van der Waals surface area contributed by atoms with Crippen molar-refractivity contribution in [3.05, 3.63) is 69.3 Å². The van der Waals surface area contributed by atoms with Gasteiger partial charge in [-0.2, -0.15) is 17.5 Å². The molecule has 1 fully saturated rings. The van der Waals surface area contributed by atoms with Gasteiger partial charge in [-0.05, 0) is 43.7 Å². The molecule has 1 saturated heterocycles. The van der Waals surface area contributed by atoms with Crippen LogP contribution in [0.15, 0.2) is 47.4 Å². The number of benzene rings is 2. The second kappa shape index (κ2) is 8.93. The molecule has 0 aromatic heterocycles. The Labute approximate surface area is 178 Å². The van der Waals surface area contributed by atoms with Gasteiger partial charge in [-0.25, -0.2) is 8.42 Å². The third kappa shape index (κ3) is 5.41. The third-order valence-corrected chi connectivity index (χ3v) is 7.14. The second-order valence-electron chi connectivity index (χ2n) is 7.43. The molecule has 0 bridgehead atoms. The number of hydrogen-bond acceptors (Lipinski definition) is 5. The first-order valence-corrected chi connectivity index (χ1v) is 11.1. The van der Waals surface area contributed by atoms with E-state index in [2.05, 4.69) is 0 Å². The zero-order valence-corrected chi connectivity index (χ0v) is 17.6. The zero-order valence-electron chi connectivity index (χ0n) is 16.8. The molecule has 0 atom stereocenters. The van der Waals surface area contributed by atoms with Gasteiger partial charge in [-0.1, -0.05) is 18.2 Å². The van der Waals surface area contributed by atoms with Gasteiger partial charge in [0, 0.05) is 37.8 Å². The van der Waals surface area contributed by atoms with Crippen LogP contribution in [0.1, 0.15) is 23.1 Å². The number of nitro benzene ring substituents is 1. The van der Waals surface area contributed by atoms with E-state index in [0.717, 1.165) is 18.2 Å². The summed E-state index contributed by atoms with van der Waals surface area (Å²) in [7, 11) is -3.90. The molecular formula is C20H22F3N3O4S. The van der Waals surface area contributed by atoms with E-state index in [-0.39, 0.29) is 23.7 Å². The summed E-state index contributed by atoms with van der Waals surface area (Å²) in [6.07, 6.45) is -3.85. The predicted octanol–water partition coefficient (Wildman–Crippen LogP) is 3.82. The maximum atomic E-state index is 13.0. The van der Waals surface area contributed by atoms with Crippen molar-refractivity contribution in [1.82, 2.24) is 9.21 Å². The van der Waals surface area contributed by atoms with Crippen molar-refractivity contribution in [3.63, 3.8) is 0 Å². The van der Waals surface area contributed by atoms with Crippen molar-refractivity contribution >= 4 is 15.7 Å². The Bertz CT molecular complexity index is 1060. The smallest absolute Gasteiger partial charge is 0.298 e. The van der Waals surface area contributed by atoms with E-state index in [9.17, 15) is 31.7 Å². The van der Waals surface area contributed by atoms with Crippen LogP contribution in [0.5, 0.6) is 0 Å². The number of sulfonamides is 1. The minimum Gasteiger partial charge on any atom is -0.298 e. The molecule has 0 unspecified atom stereocenters. The van der Waals surface area contributed by atoms with Crippen LogP contribution in [0.3, 0.4) is 0 Å². The molecule has 0 N–H and O–H groups in total. The van der Waals surface area contributed by atoms with Crippen molar-refractivity contribution in [2.45, 2.75) is 31.0 Å². The first kappa shape index (κ1) is 23.2. The molecular weight excluding hydrogens is 435 g/mol. The van der Waals surface area contributed by atoms with Crippen molar-refractivity contribution < 1.29 is 26.5 Å². The van der Waals surface area contributed by atoms with Crippen LogP contribution in [0.4, 0.5) is 18.9 Å². The molecule has 0 saturated carbocycles. The van der Waals surface area contributed by atoms with Crippen LogP contribution in [0.2, 0.25) is 0 Å². The largest absolute Gasteiger partial charge is 0.416 e. The van der Waals surface area contributed by atoms with Gasteiger partial charge in [0.2, 0.25) is 10.0 Å². The van der Waals surface area contributed by atoms with E-state index in [1.54, 1.807) is 6.92 Å². The number of nitrogens with zero attached hydrogens (tertiary/aromatic N) is 3. The van der Waals surface area contributed by atoms with E-state index in [4.69, 9.17) is 0 Å². The number of nitro groups is 1. The average molecular weight is 457 g/mol. The quantitative estimate of drug-likeness (QED) is 0.504. The molecule has 2 aromatic carbocycles. The van der Waals surface area contributed by atoms with Crippen molar-refractivity contribution in [3.8, 4) is 0 Å². The summed E-state index contributed by atoms with van der Waals surface area (Å²) in [4.78, 5) is 12.4. The van der Waals surface area contributed by atoms with Crippen molar-refractivity contribution in [1.29, 1.82) is 0 Å². The fourth-order valence-corrected chi connectivity index (χ4v) is 4.99. The predicted molar refractivity (Wildman–Crippen MR) is 108 cm³/mol. The summed E-state index contributed by atoms with van der Waals surface area (Å²) in [5.41, 5.74) is 0.123. The van der Waals surface area contributed by atoms with E-state index in [1.165, 1.54) is 28.6 Å². The van der Waals surface area contributed by atoms with Crippen LogP contribution in [-0.4, -0.2) is 48.7 Å². The highest BCUT2D eigenvalue weighted by Crippen LogP contribution is 2.29. The Morgan fingerprint density at radius 1 is 1.03 bits per heavy atom. The van der Waals surface area contributed by atoms with E-state index < -0.39 is 26.7 Å².